The summed E-state index contributed by atoms with van der Waals surface area (Å²) in [5.74, 6) is -1.79. The van der Waals surface area contributed by atoms with Crippen LogP contribution < -0.4 is 4.74 Å². The molecule has 1 atom stereocenters. The maximum Gasteiger partial charge on any atom is 0.321 e. The molecule has 0 aromatic heterocycles. The molecule has 3 N–H and O–H groups in total. The average molecular weight is 372 g/mol. The van der Waals surface area contributed by atoms with Crippen molar-refractivity contribution < 1.29 is 29.6 Å². The van der Waals surface area contributed by atoms with E-state index in [9.17, 15) is 24.9 Å². The van der Waals surface area contributed by atoms with Crippen molar-refractivity contribution in [2.24, 2.45) is 0 Å². The zero-order valence-electron chi connectivity index (χ0n) is 15.7. The fourth-order valence-electron chi connectivity index (χ4n) is 3.13. The number of Topliss-reactive ketones (excluding diaryl/α,β-unsaturated/α-hetero) is 1. The summed E-state index contributed by atoms with van der Waals surface area (Å²) in [5.41, 5.74) is 0.206. The standard InChI is InChI=1S/C21H24O6/c1-13-5-6-14(2)19(9-13)27-8-4-7-21(15(3)22,20(25)26)16-10-17(23)12-18(24)11-16/h5-6,9-12,23-24H,4,7-8H2,1-3H3,(H,25,26). The molecule has 27 heavy (non-hydrogen) atoms. The van der Waals surface area contributed by atoms with E-state index >= 15 is 0 Å². The van der Waals surface area contributed by atoms with Gasteiger partial charge in [0.25, 0.3) is 0 Å². The largest absolute Gasteiger partial charge is 0.508 e. The van der Waals surface area contributed by atoms with Crippen molar-refractivity contribution >= 4 is 11.8 Å². The SMILES string of the molecule is CC(=O)C(CCCOc1cc(C)ccc1C)(C(=O)O)c1cc(O)cc(O)c1. The molecule has 0 aliphatic carbocycles. The van der Waals surface area contributed by atoms with Gasteiger partial charge in [0.15, 0.2) is 11.2 Å². The van der Waals surface area contributed by atoms with E-state index in [0.29, 0.717) is 12.2 Å². The number of phenols is 2. The smallest absolute Gasteiger partial charge is 0.321 e. The fraction of sp³-hybridized carbons (Fsp3) is 0.333. The number of aliphatic carboxylic acids is 1. The Kier molecular flexibility index (Phi) is 6.10. The van der Waals surface area contributed by atoms with Crippen molar-refractivity contribution in [3.63, 3.8) is 0 Å². The first-order chi connectivity index (χ1) is 12.7. The number of hydrogen-bond donors (Lipinski definition) is 3. The lowest BCUT2D eigenvalue weighted by Crippen LogP contribution is -2.42. The van der Waals surface area contributed by atoms with Crippen molar-refractivity contribution in [1.82, 2.24) is 0 Å². The molecule has 144 valence electrons. The van der Waals surface area contributed by atoms with Gasteiger partial charge < -0.3 is 20.1 Å². The van der Waals surface area contributed by atoms with Crippen LogP contribution in [0.4, 0.5) is 0 Å². The first kappa shape index (κ1) is 20.3. The Bertz CT molecular complexity index is 821. The van der Waals surface area contributed by atoms with E-state index in [2.05, 4.69) is 0 Å². The second-order valence-electron chi connectivity index (χ2n) is 6.73. The van der Waals surface area contributed by atoms with E-state index in [1.54, 1.807) is 0 Å². The number of benzene rings is 2. The summed E-state index contributed by atoms with van der Waals surface area (Å²) in [6.07, 6.45) is 0.279. The number of aryl methyl sites for hydroxylation is 2. The number of aromatic hydroxyl groups is 2. The number of ether oxygens (including phenoxy) is 1. The summed E-state index contributed by atoms with van der Waals surface area (Å²) < 4.78 is 5.75. The van der Waals surface area contributed by atoms with Gasteiger partial charge in [-0.2, -0.15) is 0 Å². The number of phenolic OH excluding ortho intramolecular Hbond substituents is 2. The van der Waals surface area contributed by atoms with Crippen molar-refractivity contribution in [2.45, 2.75) is 39.0 Å². The third kappa shape index (κ3) is 4.39. The Morgan fingerprint density at radius 3 is 2.22 bits per heavy atom. The van der Waals surface area contributed by atoms with Gasteiger partial charge in [0.2, 0.25) is 0 Å². The van der Waals surface area contributed by atoms with Gasteiger partial charge >= 0.3 is 5.97 Å². The number of carboxylic acids is 1. The minimum atomic E-state index is -1.86. The highest BCUT2D eigenvalue weighted by Gasteiger charge is 2.45. The molecule has 0 radical (unpaired) electrons. The molecular formula is C21H24O6. The van der Waals surface area contributed by atoms with Crippen molar-refractivity contribution in [1.29, 1.82) is 0 Å². The lowest BCUT2D eigenvalue weighted by Gasteiger charge is -2.27. The summed E-state index contributed by atoms with van der Waals surface area (Å²) in [6.45, 7) is 5.30. The molecule has 2 aromatic rings. The predicted molar refractivity (Wildman–Crippen MR) is 100 cm³/mol. The lowest BCUT2D eigenvalue weighted by molar-refractivity contribution is -0.148. The van der Waals surface area contributed by atoms with E-state index in [1.807, 2.05) is 32.0 Å². The second kappa shape index (κ2) is 8.12. The summed E-state index contributed by atoms with van der Waals surface area (Å²) in [7, 11) is 0. The molecular weight excluding hydrogens is 348 g/mol. The maximum atomic E-state index is 12.3. The van der Waals surface area contributed by atoms with E-state index in [1.165, 1.54) is 19.1 Å². The monoisotopic (exact) mass is 372 g/mol. The maximum absolute atomic E-state index is 12.3. The highest BCUT2D eigenvalue weighted by Crippen LogP contribution is 2.36. The van der Waals surface area contributed by atoms with Crippen LogP contribution in [0.2, 0.25) is 0 Å². The Morgan fingerprint density at radius 2 is 1.67 bits per heavy atom. The zero-order chi connectivity index (χ0) is 20.2. The van der Waals surface area contributed by atoms with Crippen molar-refractivity contribution in [3.05, 3.63) is 53.1 Å². The van der Waals surface area contributed by atoms with Crippen LogP contribution in [0.5, 0.6) is 17.2 Å². The van der Waals surface area contributed by atoms with E-state index in [0.717, 1.165) is 17.2 Å². The van der Waals surface area contributed by atoms with Crippen LogP contribution in [0.25, 0.3) is 0 Å². The second-order valence-corrected chi connectivity index (χ2v) is 6.73. The predicted octanol–water partition coefficient (Wildman–Crippen LogP) is 3.49. The Labute approximate surface area is 158 Å². The molecule has 0 aliphatic heterocycles. The minimum absolute atomic E-state index is 0.0224. The first-order valence-electron chi connectivity index (χ1n) is 8.65. The van der Waals surface area contributed by atoms with Crippen LogP contribution in [0, 0.1) is 13.8 Å². The highest BCUT2D eigenvalue weighted by molar-refractivity contribution is 6.08. The van der Waals surface area contributed by atoms with E-state index in [-0.39, 0.29) is 30.1 Å². The van der Waals surface area contributed by atoms with Crippen LogP contribution in [0.1, 0.15) is 36.5 Å². The molecule has 0 bridgehead atoms. The Hall–Kier alpha value is -3.02. The lowest BCUT2D eigenvalue weighted by atomic mass is 9.73. The third-order valence-electron chi connectivity index (χ3n) is 4.66. The molecule has 2 rings (SSSR count). The third-order valence-corrected chi connectivity index (χ3v) is 4.66. The van der Waals surface area contributed by atoms with E-state index in [4.69, 9.17) is 4.74 Å². The van der Waals surface area contributed by atoms with Gasteiger partial charge in [0, 0.05) is 6.07 Å². The molecule has 0 fully saturated rings. The Balaban J connectivity index is 2.22. The van der Waals surface area contributed by atoms with Crippen LogP contribution in [-0.2, 0) is 15.0 Å². The molecule has 6 heteroatoms. The molecule has 2 aromatic carbocycles. The van der Waals surface area contributed by atoms with Crippen molar-refractivity contribution in [2.75, 3.05) is 6.61 Å². The van der Waals surface area contributed by atoms with Gasteiger partial charge in [-0.1, -0.05) is 12.1 Å². The molecule has 0 amide bonds. The van der Waals surface area contributed by atoms with Gasteiger partial charge in [0.1, 0.15) is 17.2 Å². The number of rotatable bonds is 8. The number of ketones is 1. The Morgan fingerprint density at radius 1 is 1.04 bits per heavy atom. The van der Waals surface area contributed by atoms with Crippen LogP contribution in [-0.4, -0.2) is 33.7 Å². The molecule has 0 heterocycles. The minimum Gasteiger partial charge on any atom is -0.508 e. The molecule has 0 saturated heterocycles. The number of hydrogen-bond acceptors (Lipinski definition) is 5. The first-order valence-corrected chi connectivity index (χ1v) is 8.65. The fourth-order valence-corrected chi connectivity index (χ4v) is 3.13. The van der Waals surface area contributed by atoms with Gasteiger partial charge in [0.05, 0.1) is 6.61 Å². The van der Waals surface area contributed by atoms with Crippen LogP contribution >= 0.6 is 0 Å². The van der Waals surface area contributed by atoms with Crippen LogP contribution in [0.15, 0.2) is 36.4 Å². The topological polar surface area (TPSA) is 104 Å². The molecule has 6 nitrogen and oxygen atoms in total. The highest BCUT2D eigenvalue weighted by atomic mass is 16.5. The van der Waals surface area contributed by atoms with Gasteiger partial charge in [-0.15, -0.1) is 0 Å². The normalized spacial score (nSPS) is 13.0. The van der Waals surface area contributed by atoms with Crippen LogP contribution in [0.3, 0.4) is 0 Å². The number of carbonyl (C=O) groups is 2. The van der Waals surface area contributed by atoms with Gasteiger partial charge in [-0.05, 0) is 68.5 Å². The quantitative estimate of drug-likeness (QED) is 0.484. The summed E-state index contributed by atoms with van der Waals surface area (Å²) >= 11 is 0. The summed E-state index contributed by atoms with van der Waals surface area (Å²) in [4.78, 5) is 24.3. The average Bonchev–Trinajstić information content (AvgIpc) is 2.56. The zero-order valence-corrected chi connectivity index (χ0v) is 15.7. The van der Waals surface area contributed by atoms with Crippen molar-refractivity contribution in [3.8, 4) is 17.2 Å². The number of carboxylic acid groups (broad SMARTS) is 1. The molecule has 1 unspecified atom stereocenters. The van der Waals surface area contributed by atoms with Gasteiger partial charge in [-0.25, -0.2) is 0 Å². The summed E-state index contributed by atoms with van der Waals surface area (Å²) in [6, 6.07) is 9.29. The number of carbonyl (C=O) groups excluding carboxylic acids is 1. The molecule has 0 aliphatic rings. The molecule has 0 spiro atoms. The van der Waals surface area contributed by atoms with E-state index < -0.39 is 17.2 Å². The van der Waals surface area contributed by atoms with Gasteiger partial charge in [-0.3, -0.25) is 9.59 Å². The molecule has 0 saturated carbocycles. The summed E-state index contributed by atoms with van der Waals surface area (Å²) in [5, 5.41) is 29.2.